The molecule has 0 aliphatic heterocycles. The minimum absolute atomic E-state index is 0.119. The van der Waals surface area contributed by atoms with Crippen LogP contribution in [0.5, 0.6) is 0 Å². The van der Waals surface area contributed by atoms with Crippen LogP contribution in [0.1, 0.15) is 6.92 Å². The Morgan fingerprint density at radius 2 is 1.88 bits per heavy atom. The van der Waals surface area contributed by atoms with Crippen molar-refractivity contribution in [3.63, 3.8) is 0 Å². The van der Waals surface area contributed by atoms with Crippen molar-refractivity contribution in [2.45, 2.75) is 22.8 Å². The highest BCUT2D eigenvalue weighted by Crippen LogP contribution is 2.42. The van der Waals surface area contributed by atoms with E-state index in [1.165, 1.54) is 30.4 Å². The number of aromatic nitrogens is 5. The van der Waals surface area contributed by atoms with Gasteiger partial charge in [0.15, 0.2) is 15.0 Å². The normalized spacial score (nSPS) is 13.5. The number of fused-ring (bicyclic) bond motifs is 1. The van der Waals surface area contributed by atoms with Crippen molar-refractivity contribution in [1.82, 2.24) is 25.6 Å². The summed E-state index contributed by atoms with van der Waals surface area (Å²) < 4.78 is 52.2. The van der Waals surface area contributed by atoms with Gasteiger partial charge in [-0.2, -0.15) is 5.21 Å². The van der Waals surface area contributed by atoms with Crippen LogP contribution < -0.4 is 16.6 Å². The molecule has 0 saturated heterocycles. The van der Waals surface area contributed by atoms with Gasteiger partial charge in [-0.05, 0) is 29.8 Å². The number of nitrogens with two attached hydrogens (primary N) is 3. The highest BCUT2D eigenvalue weighted by Gasteiger charge is 2.32. The fourth-order valence-corrected chi connectivity index (χ4v) is 7.28. The third kappa shape index (κ3) is 3.95. The van der Waals surface area contributed by atoms with Crippen LogP contribution in [0.25, 0.3) is 32.7 Å². The lowest BCUT2D eigenvalue weighted by Gasteiger charge is -2.17. The van der Waals surface area contributed by atoms with Gasteiger partial charge in [0.2, 0.25) is 15.8 Å². The number of nitrogens with zero attached hydrogens (tertiary/aromatic N) is 4. The minimum Gasteiger partial charge on any atom is -0.375 e. The Morgan fingerprint density at radius 3 is 2.50 bits per heavy atom. The Labute approximate surface area is 186 Å². The number of rotatable bonds is 6. The van der Waals surface area contributed by atoms with E-state index in [0.717, 1.165) is 4.70 Å². The first kappa shape index (κ1) is 22.2. The van der Waals surface area contributed by atoms with Gasteiger partial charge in [0.25, 0.3) is 0 Å². The molecule has 0 unspecified atom stereocenters. The van der Waals surface area contributed by atoms with E-state index in [4.69, 9.17) is 16.6 Å². The van der Waals surface area contributed by atoms with Gasteiger partial charge in [-0.15, -0.1) is 10.2 Å². The molecule has 0 saturated carbocycles. The fourth-order valence-electron chi connectivity index (χ4n) is 3.42. The highest BCUT2D eigenvalue weighted by molar-refractivity contribution is 7.93. The molecule has 2 aromatic heterocycles. The predicted molar refractivity (Wildman–Crippen MR) is 120 cm³/mol. The maximum Gasteiger partial charge on any atom is 0.240 e. The molecule has 12 nitrogen and oxygen atoms in total. The molecule has 15 heteroatoms. The molecular formula is C17H18N8O4S3. The van der Waals surface area contributed by atoms with E-state index in [1.807, 2.05) is 6.07 Å². The number of benzene rings is 2. The Kier molecular flexibility index (Phi) is 5.46. The molecule has 2 aromatic carbocycles. The number of hydrogen-bond donors (Lipinski definition) is 4. The number of primary sulfonamides is 1. The maximum atomic E-state index is 13.0. The number of tetrazole rings is 1. The number of sulfone groups is 1. The number of anilines is 1. The molecular weight excluding hydrogens is 476 g/mol. The highest BCUT2D eigenvalue weighted by atomic mass is 32.2. The lowest BCUT2D eigenvalue weighted by Crippen LogP contribution is -2.28. The van der Waals surface area contributed by atoms with Crippen LogP contribution in [0, 0.1) is 0 Å². The first-order valence-corrected chi connectivity index (χ1v) is 13.1. The molecule has 7 N–H and O–H groups in total. The van der Waals surface area contributed by atoms with Crippen molar-refractivity contribution >= 4 is 46.5 Å². The van der Waals surface area contributed by atoms with Crippen molar-refractivity contribution < 1.29 is 16.8 Å². The monoisotopic (exact) mass is 494 g/mol. The van der Waals surface area contributed by atoms with E-state index in [1.54, 1.807) is 12.1 Å². The van der Waals surface area contributed by atoms with Crippen LogP contribution in [0.4, 0.5) is 5.13 Å². The van der Waals surface area contributed by atoms with Crippen LogP contribution >= 0.6 is 11.3 Å². The standard InChI is InChI=1S/C17H18N8O4S3/c1-8(18)7-31(26,27)12-6-5-9(10-3-2-4-11-14(10)21-17(19)30-11)13(15(12)32(20,28)29)16-22-24-25-23-16/h2-6,8H,7,18H2,1H3,(H2,19,21)(H2,20,28,29)(H,22,23,24,25)/t8-/m0/s1. The van der Waals surface area contributed by atoms with E-state index in [-0.39, 0.29) is 11.4 Å². The third-order valence-corrected chi connectivity index (χ3v) is 8.47. The van der Waals surface area contributed by atoms with E-state index in [9.17, 15) is 16.8 Å². The number of para-hydroxylation sites is 1. The van der Waals surface area contributed by atoms with Gasteiger partial charge >= 0.3 is 0 Å². The largest absolute Gasteiger partial charge is 0.375 e. The van der Waals surface area contributed by atoms with Crippen LogP contribution in [-0.4, -0.2) is 54.2 Å². The Bertz CT molecular complexity index is 1530. The SMILES string of the molecule is C[C@H](N)CS(=O)(=O)c1ccc(-c2cccc3sc(N)nc23)c(-c2nn[nH]n2)c1S(N)(=O)=O. The van der Waals surface area contributed by atoms with Gasteiger partial charge < -0.3 is 11.5 Å². The summed E-state index contributed by atoms with van der Waals surface area (Å²) in [5.41, 5.74) is 12.7. The van der Waals surface area contributed by atoms with Crippen molar-refractivity contribution in [1.29, 1.82) is 0 Å². The lowest BCUT2D eigenvalue weighted by molar-refractivity contribution is 0.580. The van der Waals surface area contributed by atoms with Gasteiger partial charge in [-0.3, -0.25) is 0 Å². The number of aromatic amines is 1. The number of sulfonamides is 1. The van der Waals surface area contributed by atoms with Crippen molar-refractivity contribution in [3.8, 4) is 22.5 Å². The molecule has 32 heavy (non-hydrogen) atoms. The van der Waals surface area contributed by atoms with Crippen molar-refractivity contribution in [2.24, 2.45) is 10.9 Å². The molecule has 0 radical (unpaired) electrons. The summed E-state index contributed by atoms with van der Waals surface area (Å²) in [5, 5.41) is 19.3. The number of hydrogen-bond acceptors (Lipinski definition) is 11. The van der Waals surface area contributed by atoms with E-state index >= 15 is 0 Å². The van der Waals surface area contributed by atoms with E-state index in [0.29, 0.717) is 21.8 Å². The molecule has 2 heterocycles. The molecule has 0 aliphatic rings. The summed E-state index contributed by atoms with van der Waals surface area (Å²) in [6, 6.07) is 7.15. The van der Waals surface area contributed by atoms with Gasteiger partial charge in [-0.1, -0.05) is 29.5 Å². The average molecular weight is 495 g/mol. The first-order chi connectivity index (χ1) is 15.0. The van der Waals surface area contributed by atoms with Crippen LogP contribution in [-0.2, 0) is 19.9 Å². The molecule has 1 atom stereocenters. The first-order valence-electron chi connectivity index (χ1n) is 9.06. The summed E-state index contributed by atoms with van der Waals surface area (Å²) in [4.78, 5) is 3.19. The second-order valence-corrected chi connectivity index (χ2v) is 11.6. The number of nitrogens with one attached hydrogen (secondary N) is 1. The topological polar surface area (TPSA) is 214 Å². The smallest absolute Gasteiger partial charge is 0.240 e. The molecule has 0 fully saturated rings. The van der Waals surface area contributed by atoms with Gasteiger partial charge in [0, 0.05) is 11.6 Å². The van der Waals surface area contributed by atoms with Crippen LogP contribution in [0.2, 0.25) is 0 Å². The van der Waals surface area contributed by atoms with Gasteiger partial charge in [0.1, 0.15) is 4.90 Å². The van der Waals surface area contributed by atoms with E-state index < -0.39 is 41.4 Å². The zero-order chi connectivity index (χ0) is 23.3. The zero-order valence-corrected chi connectivity index (χ0v) is 19.0. The van der Waals surface area contributed by atoms with Crippen molar-refractivity contribution in [3.05, 3.63) is 30.3 Å². The third-order valence-electron chi connectivity index (χ3n) is 4.52. The summed E-state index contributed by atoms with van der Waals surface area (Å²) in [6.07, 6.45) is 0. The summed E-state index contributed by atoms with van der Waals surface area (Å²) >= 11 is 1.25. The second kappa shape index (κ2) is 7.86. The zero-order valence-electron chi connectivity index (χ0n) is 16.5. The molecule has 0 spiro atoms. The van der Waals surface area contributed by atoms with E-state index in [2.05, 4.69) is 25.6 Å². The second-order valence-electron chi connectivity index (χ2n) is 7.06. The molecule has 4 rings (SSSR count). The maximum absolute atomic E-state index is 13.0. The number of nitrogen functional groups attached to an aromatic ring is 1. The molecule has 0 bridgehead atoms. The predicted octanol–water partition coefficient (Wildman–Crippen LogP) is 0.494. The van der Waals surface area contributed by atoms with Crippen LogP contribution in [0.3, 0.4) is 0 Å². The van der Waals surface area contributed by atoms with Crippen molar-refractivity contribution in [2.75, 3.05) is 11.5 Å². The van der Waals surface area contributed by atoms with Gasteiger partial charge in [-0.25, -0.2) is 27.0 Å². The summed E-state index contributed by atoms with van der Waals surface area (Å²) in [7, 11) is -8.70. The minimum atomic E-state index is -4.57. The fraction of sp³-hybridized carbons (Fsp3) is 0.176. The molecule has 168 valence electrons. The van der Waals surface area contributed by atoms with Gasteiger partial charge in [0.05, 0.1) is 26.4 Å². The van der Waals surface area contributed by atoms with Crippen LogP contribution in [0.15, 0.2) is 40.1 Å². The Balaban J connectivity index is 2.16. The number of thiazole rings is 1. The average Bonchev–Trinajstić information content (AvgIpc) is 3.33. The lowest BCUT2D eigenvalue weighted by atomic mass is 9.98. The number of H-pyrrole nitrogens is 1. The Morgan fingerprint density at radius 1 is 1.12 bits per heavy atom. The quantitative estimate of drug-likeness (QED) is 0.291. The molecule has 0 amide bonds. The molecule has 4 aromatic rings. The Hall–Kier alpha value is -2.98. The summed E-state index contributed by atoms with van der Waals surface area (Å²) in [6.45, 7) is 1.50. The molecule has 0 aliphatic carbocycles. The summed E-state index contributed by atoms with van der Waals surface area (Å²) in [5.74, 6) is -0.638.